The van der Waals surface area contributed by atoms with E-state index < -0.39 is 24.4 Å². The first-order valence-electron chi connectivity index (χ1n) is 6.68. The zero-order valence-corrected chi connectivity index (χ0v) is 13.7. The Kier molecular flexibility index (Phi) is 5.78. The first-order valence-corrected chi connectivity index (χ1v) is 7.44. The van der Waals surface area contributed by atoms with Crippen LogP contribution in [0.15, 0.2) is 42.5 Å². The molecule has 2 aromatic carbocycles. The molecule has 2 aromatic rings. The van der Waals surface area contributed by atoms with Crippen molar-refractivity contribution in [2.24, 2.45) is 5.73 Å². The summed E-state index contributed by atoms with van der Waals surface area (Å²) in [4.78, 5) is 34.6. The lowest BCUT2D eigenvalue weighted by Crippen LogP contribution is -2.21. The number of nitrogens with two attached hydrogens (primary N) is 1. The lowest BCUT2D eigenvalue weighted by atomic mass is 10.1. The average molecular weight is 367 g/mol. The third-order valence-corrected chi connectivity index (χ3v) is 3.49. The van der Waals surface area contributed by atoms with Crippen LogP contribution >= 0.6 is 23.2 Å². The molecule has 0 unspecified atom stereocenters. The smallest absolute Gasteiger partial charge is 0.338 e. The van der Waals surface area contributed by atoms with E-state index in [4.69, 9.17) is 33.7 Å². The molecule has 24 heavy (non-hydrogen) atoms. The molecule has 0 atom stereocenters. The average Bonchev–Trinajstić information content (AvgIpc) is 2.55. The van der Waals surface area contributed by atoms with Crippen molar-refractivity contribution in [3.8, 4) is 0 Å². The molecule has 0 fully saturated rings. The molecule has 2 amide bonds. The quantitative estimate of drug-likeness (QED) is 0.794. The normalized spacial score (nSPS) is 10.1. The van der Waals surface area contributed by atoms with Gasteiger partial charge in [-0.3, -0.25) is 9.59 Å². The van der Waals surface area contributed by atoms with Gasteiger partial charge in [-0.05, 0) is 42.5 Å². The monoisotopic (exact) mass is 366 g/mol. The van der Waals surface area contributed by atoms with E-state index in [1.165, 1.54) is 36.4 Å². The Morgan fingerprint density at radius 1 is 1.00 bits per heavy atom. The molecule has 124 valence electrons. The van der Waals surface area contributed by atoms with E-state index in [2.05, 4.69) is 5.32 Å². The van der Waals surface area contributed by atoms with Crippen molar-refractivity contribution in [1.29, 1.82) is 0 Å². The largest absolute Gasteiger partial charge is 0.452 e. The molecule has 0 bridgehead atoms. The zero-order chi connectivity index (χ0) is 17.7. The fraction of sp³-hybridized carbons (Fsp3) is 0.0625. The summed E-state index contributed by atoms with van der Waals surface area (Å²) in [5.74, 6) is -1.86. The topological polar surface area (TPSA) is 98.5 Å². The molecule has 0 heterocycles. The van der Waals surface area contributed by atoms with Gasteiger partial charge in [0.15, 0.2) is 6.61 Å². The number of primary amides is 1. The third-order valence-electron chi connectivity index (χ3n) is 2.94. The Bertz CT molecular complexity index is 791. The fourth-order valence-corrected chi connectivity index (χ4v) is 2.22. The zero-order valence-electron chi connectivity index (χ0n) is 12.2. The van der Waals surface area contributed by atoms with Gasteiger partial charge in [0.1, 0.15) is 0 Å². The molecule has 6 nitrogen and oxygen atoms in total. The molecule has 0 saturated carbocycles. The predicted molar refractivity (Wildman–Crippen MR) is 90.3 cm³/mol. The number of hydrogen-bond donors (Lipinski definition) is 2. The summed E-state index contributed by atoms with van der Waals surface area (Å²) in [6.45, 7) is -0.491. The molecule has 0 aliphatic heterocycles. The highest BCUT2D eigenvalue weighted by Crippen LogP contribution is 2.25. The summed E-state index contributed by atoms with van der Waals surface area (Å²) < 4.78 is 4.89. The first kappa shape index (κ1) is 17.8. The van der Waals surface area contributed by atoms with Crippen molar-refractivity contribution in [2.75, 3.05) is 11.9 Å². The number of esters is 1. The number of hydrogen-bond acceptors (Lipinski definition) is 4. The van der Waals surface area contributed by atoms with Crippen LogP contribution in [-0.2, 0) is 9.53 Å². The molecular weight excluding hydrogens is 355 g/mol. The second-order valence-electron chi connectivity index (χ2n) is 4.69. The van der Waals surface area contributed by atoms with Crippen LogP contribution in [0.4, 0.5) is 5.69 Å². The van der Waals surface area contributed by atoms with Gasteiger partial charge in [-0.15, -0.1) is 0 Å². The number of benzene rings is 2. The standard InChI is InChI=1S/C16H12Cl2N2O4/c17-11-5-6-13(12(18)7-11)20-14(21)8-24-16(23)10-3-1-9(2-4-10)15(19)22/h1-7H,8H2,(H2,19,22)(H,20,21). The Morgan fingerprint density at radius 2 is 1.62 bits per heavy atom. The van der Waals surface area contributed by atoms with Gasteiger partial charge in [-0.1, -0.05) is 23.2 Å². The Balaban J connectivity index is 1.91. The SMILES string of the molecule is NC(=O)c1ccc(C(=O)OCC(=O)Nc2ccc(Cl)cc2Cl)cc1. The number of halogens is 2. The van der Waals surface area contributed by atoms with Crippen molar-refractivity contribution >= 4 is 46.7 Å². The lowest BCUT2D eigenvalue weighted by molar-refractivity contribution is -0.119. The minimum absolute atomic E-state index is 0.192. The van der Waals surface area contributed by atoms with Crippen LogP contribution < -0.4 is 11.1 Å². The van der Waals surface area contributed by atoms with Crippen molar-refractivity contribution in [1.82, 2.24) is 0 Å². The first-order chi connectivity index (χ1) is 11.4. The van der Waals surface area contributed by atoms with Crippen molar-refractivity contribution in [3.63, 3.8) is 0 Å². The van der Waals surface area contributed by atoms with Gasteiger partial charge in [0.2, 0.25) is 5.91 Å². The van der Waals surface area contributed by atoms with Crippen LogP contribution in [0.3, 0.4) is 0 Å². The third kappa shape index (κ3) is 4.71. The maximum Gasteiger partial charge on any atom is 0.338 e. The van der Waals surface area contributed by atoms with Crippen LogP contribution in [0.2, 0.25) is 10.0 Å². The number of amides is 2. The summed E-state index contributed by atoms with van der Waals surface area (Å²) in [5, 5.41) is 3.20. The van der Waals surface area contributed by atoms with Crippen LogP contribution in [0.1, 0.15) is 20.7 Å². The Morgan fingerprint density at radius 3 is 2.21 bits per heavy atom. The number of ether oxygens (including phenoxy) is 1. The van der Waals surface area contributed by atoms with Crippen LogP contribution in [0.5, 0.6) is 0 Å². The van der Waals surface area contributed by atoms with Gasteiger partial charge in [0.25, 0.3) is 5.91 Å². The van der Waals surface area contributed by atoms with Gasteiger partial charge in [-0.2, -0.15) is 0 Å². The predicted octanol–water partition coefficient (Wildman–Crippen LogP) is 2.89. The van der Waals surface area contributed by atoms with Crippen LogP contribution in [0, 0.1) is 0 Å². The second-order valence-corrected chi connectivity index (χ2v) is 5.53. The van der Waals surface area contributed by atoms with Gasteiger partial charge in [0, 0.05) is 10.6 Å². The fourth-order valence-electron chi connectivity index (χ4n) is 1.76. The number of carbonyl (C=O) groups excluding carboxylic acids is 3. The molecule has 3 N–H and O–H groups in total. The summed E-state index contributed by atoms with van der Waals surface area (Å²) >= 11 is 11.7. The Labute approximate surface area is 147 Å². The van der Waals surface area contributed by atoms with E-state index in [9.17, 15) is 14.4 Å². The van der Waals surface area contributed by atoms with E-state index >= 15 is 0 Å². The van der Waals surface area contributed by atoms with E-state index in [0.717, 1.165) is 0 Å². The van der Waals surface area contributed by atoms with E-state index in [1.54, 1.807) is 6.07 Å². The Hall–Kier alpha value is -2.57. The second kappa shape index (κ2) is 7.81. The summed E-state index contributed by atoms with van der Waals surface area (Å²) in [6.07, 6.45) is 0. The highest BCUT2D eigenvalue weighted by Gasteiger charge is 2.12. The number of nitrogens with one attached hydrogen (secondary N) is 1. The summed E-state index contributed by atoms with van der Waals surface area (Å²) in [5.41, 5.74) is 5.92. The number of rotatable bonds is 5. The molecule has 0 aromatic heterocycles. The van der Waals surface area contributed by atoms with E-state index in [1.807, 2.05) is 0 Å². The molecule has 0 radical (unpaired) electrons. The van der Waals surface area contributed by atoms with Crippen LogP contribution in [-0.4, -0.2) is 24.4 Å². The number of anilines is 1. The maximum absolute atomic E-state index is 11.8. The summed E-state index contributed by atoms with van der Waals surface area (Å²) in [6, 6.07) is 10.1. The lowest BCUT2D eigenvalue weighted by Gasteiger charge is -2.08. The minimum Gasteiger partial charge on any atom is -0.452 e. The maximum atomic E-state index is 11.8. The van der Waals surface area contributed by atoms with Crippen molar-refractivity contribution in [2.45, 2.75) is 0 Å². The highest BCUT2D eigenvalue weighted by atomic mass is 35.5. The van der Waals surface area contributed by atoms with Crippen molar-refractivity contribution in [3.05, 3.63) is 63.6 Å². The molecule has 2 rings (SSSR count). The molecule has 0 spiro atoms. The van der Waals surface area contributed by atoms with E-state index in [0.29, 0.717) is 10.7 Å². The van der Waals surface area contributed by atoms with Crippen LogP contribution in [0.25, 0.3) is 0 Å². The summed E-state index contributed by atoms with van der Waals surface area (Å²) in [7, 11) is 0. The molecule has 0 saturated heterocycles. The molecule has 0 aliphatic rings. The van der Waals surface area contributed by atoms with Gasteiger partial charge in [-0.25, -0.2) is 4.79 Å². The van der Waals surface area contributed by atoms with Crippen molar-refractivity contribution < 1.29 is 19.1 Å². The highest BCUT2D eigenvalue weighted by molar-refractivity contribution is 6.36. The minimum atomic E-state index is -0.705. The van der Waals surface area contributed by atoms with Gasteiger partial charge < -0.3 is 15.8 Å². The number of carbonyl (C=O) groups is 3. The van der Waals surface area contributed by atoms with E-state index in [-0.39, 0.29) is 16.1 Å². The van der Waals surface area contributed by atoms with Gasteiger partial charge >= 0.3 is 5.97 Å². The molecular formula is C16H12Cl2N2O4. The van der Waals surface area contributed by atoms with Gasteiger partial charge in [0.05, 0.1) is 16.3 Å². The molecule has 0 aliphatic carbocycles. The molecule has 8 heteroatoms.